The van der Waals surface area contributed by atoms with Crippen LogP contribution in [-0.2, 0) is 30.7 Å². The molecule has 0 radical (unpaired) electrons. The van der Waals surface area contributed by atoms with Crippen LogP contribution in [0.4, 0.5) is 10.5 Å². The second-order valence-electron chi connectivity index (χ2n) is 7.73. The van der Waals surface area contributed by atoms with Crippen LogP contribution in [0.15, 0.2) is 24.3 Å². The summed E-state index contributed by atoms with van der Waals surface area (Å²) in [5, 5.41) is 2.84. The van der Waals surface area contributed by atoms with E-state index >= 15 is 0 Å². The number of benzene rings is 1. The maximum absolute atomic E-state index is 12.7. The molecule has 3 aliphatic rings. The predicted molar refractivity (Wildman–Crippen MR) is 104 cm³/mol. The summed E-state index contributed by atoms with van der Waals surface area (Å²) in [5.74, 6) is -0.875. The maximum Gasteiger partial charge on any atom is 0.410 e. The minimum atomic E-state index is -3.09. The summed E-state index contributed by atoms with van der Waals surface area (Å²) in [6.07, 6.45) is 0.170. The molecule has 1 aromatic carbocycles. The van der Waals surface area contributed by atoms with Crippen LogP contribution in [0.25, 0.3) is 0 Å². The Bertz CT molecular complexity index is 947. The number of likely N-dealkylation sites (tertiary alicyclic amines) is 1. The van der Waals surface area contributed by atoms with Gasteiger partial charge in [0.25, 0.3) is 0 Å². The molecular formula is C19H23N3O6S. The first-order valence-electron chi connectivity index (χ1n) is 9.62. The Morgan fingerprint density at radius 2 is 2.10 bits per heavy atom. The van der Waals surface area contributed by atoms with Crippen LogP contribution in [0.3, 0.4) is 0 Å². The van der Waals surface area contributed by atoms with Gasteiger partial charge in [-0.15, -0.1) is 0 Å². The molecule has 0 aliphatic carbocycles. The molecule has 0 aromatic heterocycles. The molecule has 0 bridgehead atoms. The van der Waals surface area contributed by atoms with E-state index in [0.717, 1.165) is 5.56 Å². The SMILES string of the molecule is O=C(Nc1cccc(CN2CCOC2=O)c1)[C@H]1CC(=O)N([C@@H]2CCS(=O)(=O)C2)C1. The third-order valence-corrected chi connectivity index (χ3v) is 7.34. The first-order chi connectivity index (χ1) is 13.8. The van der Waals surface area contributed by atoms with E-state index in [2.05, 4.69) is 5.32 Å². The second-order valence-corrected chi connectivity index (χ2v) is 9.96. The van der Waals surface area contributed by atoms with Crippen molar-refractivity contribution in [1.82, 2.24) is 9.80 Å². The quantitative estimate of drug-likeness (QED) is 0.745. The van der Waals surface area contributed by atoms with Crippen LogP contribution in [0.2, 0.25) is 0 Å². The molecule has 0 spiro atoms. The Morgan fingerprint density at radius 1 is 1.28 bits per heavy atom. The van der Waals surface area contributed by atoms with Crippen molar-refractivity contribution in [3.63, 3.8) is 0 Å². The van der Waals surface area contributed by atoms with Crippen molar-refractivity contribution >= 4 is 33.4 Å². The smallest absolute Gasteiger partial charge is 0.410 e. The van der Waals surface area contributed by atoms with Crippen LogP contribution in [0.5, 0.6) is 0 Å². The minimum Gasteiger partial charge on any atom is -0.448 e. The van der Waals surface area contributed by atoms with Crippen LogP contribution >= 0.6 is 0 Å². The highest BCUT2D eigenvalue weighted by molar-refractivity contribution is 7.91. The number of carbonyl (C=O) groups is 3. The zero-order chi connectivity index (χ0) is 20.6. The zero-order valence-electron chi connectivity index (χ0n) is 15.9. The van der Waals surface area contributed by atoms with Crippen LogP contribution < -0.4 is 5.32 Å². The summed E-state index contributed by atoms with van der Waals surface area (Å²) in [4.78, 5) is 39.7. The lowest BCUT2D eigenvalue weighted by Crippen LogP contribution is -2.38. The van der Waals surface area contributed by atoms with E-state index in [1.54, 1.807) is 28.0 Å². The summed E-state index contributed by atoms with van der Waals surface area (Å²) in [6.45, 7) is 1.55. The molecule has 1 aromatic rings. The number of ether oxygens (including phenoxy) is 1. The molecule has 156 valence electrons. The number of anilines is 1. The lowest BCUT2D eigenvalue weighted by molar-refractivity contribution is -0.129. The summed E-state index contributed by atoms with van der Waals surface area (Å²) >= 11 is 0. The number of nitrogens with one attached hydrogen (secondary N) is 1. The van der Waals surface area contributed by atoms with E-state index in [1.165, 1.54) is 0 Å². The van der Waals surface area contributed by atoms with Gasteiger partial charge in [-0.05, 0) is 24.1 Å². The Morgan fingerprint density at radius 3 is 2.79 bits per heavy atom. The third-order valence-electron chi connectivity index (χ3n) is 5.59. The molecule has 4 rings (SSSR count). The number of sulfone groups is 1. The van der Waals surface area contributed by atoms with Gasteiger partial charge >= 0.3 is 6.09 Å². The van der Waals surface area contributed by atoms with Gasteiger partial charge in [0, 0.05) is 31.2 Å². The minimum absolute atomic E-state index is 0.0198. The molecule has 3 saturated heterocycles. The fourth-order valence-corrected chi connectivity index (χ4v) is 5.79. The van der Waals surface area contributed by atoms with Gasteiger partial charge in [-0.25, -0.2) is 13.2 Å². The molecule has 0 saturated carbocycles. The normalized spacial score (nSPS) is 26.1. The molecule has 3 aliphatic heterocycles. The number of rotatable bonds is 5. The topological polar surface area (TPSA) is 113 Å². The fourth-order valence-electron chi connectivity index (χ4n) is 4.06. The van der Waals surface area contributed by atoms with Gasteiger partial charge in [-0.1, -0.05) is 12.1 Å². The van der Waals surface area contributed by atoms with Crippen molar-refractivity contribution in [3.8, 4) is 0 Å². The lowest BCUT2D eigenvalue weighted by Gasteiger charge is -2.23. The lowest BCUT2D eigenvalue weighted by atomic mass is 10.1. The van der Waals surface area contributed by atoms with Crippen molar-refractivity contribution in [2.45, 2.75) is 25.4 Å². The standard InChI is InChI=1S/C19H23N3O6S/c23-17-9-14(11-22(17)16-4-7-29(26,27)12-16)18(24)20-15-3-1-2-13(8-15)10-21-5-6-28-19(21)25/h1-3,8,14,16H,4-7,9-12H2,(H,20,24)/t14-,16+/m0/s1. The molecule has 29 heavy (non-hydrogen) atoms. The second kappa shape index (κ2) is 7.66. The van der Waals surface area contributed by atoms with Crippen LogP contribution in [-0.4, -0.2) is 73.4 Å². The van der Waals surface area contributed by atoms with E-state index in [-0.39, 0.29) is 48.4 Å². The average molecular weight is 421 g/mol. The number of carbonyl (C=O) groups excluding carboxylic acids is 3. The van der Waals surface area contributed by atoms with E-state index in [1.807, 2.05) is 6.07 Å². The monoisotopic (exact) mass is 421 g/mol. The Labute approximate surface area is 168 Å². The maximum atomic E-state index is 12.7. The van der Waals surface area contributed by atoms with Gasteiger partial charge in [0.1, 0.15) is 6.61 Å². The summed E-state index contributed by atoms with van der Waals surface area (Å²) < 4.78 is 28.3. The predicted octanol–water partition coefficient (Wildman–Crippen LogP) is 0.613. The Kier molecular flexibility index (Phi) is 5.20. The fraction of sp³-hybridized carbons (Fsp3) is 0.526. The number of amides is 3. The van der Waals surface area contributed by atoms with Crippen molar-refractivity contribution in [3.05, 3.63) is 29.8 Å². The number of cyclic esters (lactones) is 1. The molecule has 2 atom stereocenters. The highest BCUT2D eigenvalue weighted by atomic mass is 32.2. The molecule has 1 N–H and O–H groups in total. The number of nitrogens with zero attached hydrogens (tertiary/aromatic N) is 2. The summed E-state index contributed by atoms with van der Waals surface area (Å²) in [5.41, 5.74) is 1.45. The van der Waals surface area contributed by atoms with Gasteiger partial charge in [-0.2, -0.15) is 0 Å². The average Bonchev–Trinajstić information content (AvgIpc) is 3.34. The summed E-state index contributed by atoms with van der Waals surface area (Å²) in [7, 11) is -3.09. The van der Waals surface area contributed by atoms with Gasteiger partial charge in [0.15, 0.2) is 9.84 Å². The van der Waals surface area contributed by atoms with E-state index in [0.29, 0.717) is 31.8 Å². The van der Waals surface area contributed by atoms with Gasteiger partial charge in [0.05, 0.1) is 24.0 Å². The van der Waals surface area contributed by atoms with Crippen molar-refractivity contribution in [2.75, 3.05) is 36.5 Å². The van der Waals surface area contributed by atoms with E-state index in [9.17, 15) is 22.8 Å². The van der Waals surface area contributed by atoms with Gasteiger partial charge in [0.2, 0.25) is 11.8 Å². The van der Waals surface area contributed by atoms with Crippen molar-refractivity contribution in [1.29, 1.82) is 0 Å². The van der Waals surface area contributed by atoms with E-state index < -0.39 is 15.8 Å². The Balaban J connectivity index is 1.36. The molecule has 3 heterocycles. The Hall–Kier alpha value is -2.62. The molecule has 3 amide bonds. The van der Waals surface area contributed by atoms with Crippen molar-refractivity contribution < 1.29 is 27.5 Å². The molecule has 0 unspecified atom stereocenters. The van der Waals surface area contributed by atoms with Crippen LogP contribution in [0, 0.1) is 5.92 Å². The third kappa shape index (κ3) is 4.36. The molecule has 10 heteroatoms. The first kappa shape index (κ1) is 19.7. The largest absolute Gasteiger partial charge is 0.448 e. The van der Waals surface area contributed by atoms with Crippen molar-refractivity contribution in [2.24, 2.45) is 5.92 Å². The molecule has 3 fully saturated rings. The zero-order valence-corrected chi connectivity index (χ0v) is 16.7. The molecule has 9 nitrogen and oxygen atoms in total. The highest BCUT2D eigenvalue weighted by Crippen LogP contribution is 2.27. The van der Waals surface area contributed by atoms with E-state index in [4.69, 9.17) is 4.74 Å². The van der Waals surface area contributed by atoms with Gasteiger partial charge in [-0.3, -0.25) is 9.59 Å². The molecular weight excluding hydrogens is 398 g/mol. The summed E-state index contributed by atoms with van der Waals surface area (Å²) in [6, 6.07) is 6.88. The highest BCUT2D eigenvalue weighted by Gasteiger charge is 2.41. The first-order valence-corrected chi connectivity index (χ1v) is 11.4. The number of hydrogen-bond acceptors (Lipinski definition) is 6. The number of hydrogen-bond donors (Lipinski definition) is 1. The van der Waals surface area contributed by atoms with Crippen LogP contribution in [0.1, 0.15) is 18.4 Å². The van der Waals surface area contributed by atoms with Gasteiger partial charge < -0.3 is 19.9 Å².